The molecular formula is C8H13ClN2. The number of rotatable bonds is 4. The van der Waals surface area contributed by atoms with E-state index in [1.165, 1.54) is 19.3 Å². The smallest absolute Gasteiger partial charge is 0.202 e. The van der Waals surface area contributed by atoms with Gasteiger partial charge in [0.25, 0.3) is 0 Å². The van der Waals surface area contributed by atoms with Crippen molar-refractivity contribution < 1.29 is 0 Å². The summed E-state index contributed by atoms with van der Waals surface area (Å²) in [5.74, 6) is 0. The predicted molar refractivity (Wildman–Crippen MR) is 46.8 cm³/mol. The minimum Gasteiger partial charge on any atom is -0.322 e. The van der Waals surface area contributed by atoms with Crippen molar-refractivity contribution in [1.29, 1.82) is 0 Å². The van der Waals surface area contributed by atoms with E-state index in [0.29, 0.717) is 5.28 Å². The lowest BCUT2D eigenvalue weighted by atomic mass is 10.2. The van der Waals surface area contributed by atoms with Gasteiger partial charge in [0, 0.05) is 18.9 Å². The molecular weight excluding hydrogens is 160 g/mol. The Labute approximate surface area is 72.2 Å². The van der Waals surface area contributed by atoms with E-state index in [2.05, 4.69) is 11.9 Å². The highest BCUT2D eigenvalue weighted by Gasteiger charge is 1.96. The second-order valence-electron chi connectivity index (χ2n) is 2.60. The van der Waals surface area contributed by atoms with E-state index in [9.17, 15) is 0 Å². The largest absolute Gasteiger partial charge is 0.322 e. The second-order valence-corrected chi connectivity index (χ2v) is 2.93. The van der Waals surface area contributed by atoms with Crippen molar-refractivity contribution in [2.75, 3.05) is 0 Å². The lowest BCUT2D eigenvalue weighted by molar-refractivity contribution is 0.602. The maximum Gasteiger partial charge on any atom is 0.202 e. The van der Waals surface area contributed by atoms with Crippen LogP contribution < -0.4 is 0 Å². The highest BCUT2D eigenvalue weighted by atomic mass is 35.5. The Morgan fingerprint density at radius 1 is 1.55 bits per heavy atom. The molecule has 0 aromatic carbocycles. The fourth-order valence-corrected chi connectivity index (χ4v) is 1.21. The average Bonchev–Trinajstić information content (AvgIpc) is 2.37. The Morgan fingerprint density at radius 3 is 2.91 bits per heavy atom. The van der Waals surface area contributed by atoms with Crippen LogP contribution in [-0.2, 0) is 6.54 Å². The van der Waals surface area contributed by atoms with Crippen LogP contribution in [0, 0.1) is 0 Å². The van der Waals surface area contributed by atoms with Gasteiger partial charge >= 0.3 is 0 Å². The first-order valence-corrected chi connectivity index (χ1v) is 4.39. The Morgan fingerprint density at radius 2 is 2.36 bits per heavy atom. The van der Waals surface area contributed by atoms with Crippen LogP contribution in [0.25, 0.3) is 0 Å². The summed E-state index contributed by atoms with van der Waals surface area (Å²) in [6.07, 6.45) is 7.33. The van der Waals surface area contributed by atoms with Crippen LogP contribution in [0.15, 0.2) is 12.4 Å². The van der Waals surface area contributed by atoms with Crippen LogP contribution in [0.5, 0.6) is 0 Å². The number of hydrogen-bond acceptors (Lipinski definition) is 1. The third kappa shape index (κ3) is 2.54. The molecule has 1 aromatic rings. The van der Waals surface area contributed by atoms with Crippen molar-refractivity contribution in [2.24, 2.45) is 0 Å². The highest BCUT2D eigenvalue weighted by Crippen LogP contribution is 2.06. The minimum absolute atomic E-state index is 0.598. The molecule has 11 heavy (non-hydrogen) atoms. The summed E-state index contributed by atoms with van der Waals surface area (Å²) in [4.78, 5) is 3.92. The molecule has 0 atom stereocenters. The molecule has 0 fully saturated rings. The van der Waals surface area contributed by atoms with E-state index in [1.54, 1.807) is 6.20 Å². The summed E-state index contributed by atoms with van der Waals surface area (Å²) >= 11 is 5.77. The first-order valence-electron chi connectivity index (χ1n) is 4.01. The monoisotopic (exact) mass is 172 g/mol. The lowest BCUT2D eigenvalue weighted by Gasteiger charge is -2.01. The van der Waals surface area contributed by atoms with Crippen LogP contribution in [0.4, 0.5) is 0 Å². The molecule has 0 unspecified atom stereocenters. The number of unbranched alkanes of at least 4 members (excludes halogenated alkanes) is 2. The van der Waals surface area contributed by atoms with Gasteiger partial charge in [0.15, 0.2) is 0 Å². The van der Waals surface area contributed by atoms with Gasteiger partial charge in [-0.2, -0.15) is 0 Å². The topological polar surface area (TPSA) is 17.8 Å². The van der Waals surface area contributed by atoms with Crippen LogP contribution >= 0.6 is 11.6 Å². The lowest BCUT2D eigenvalue weighted by Crippen LogP contribution is -1.95. The molecule has 0 saturated carbocycles. The molecule has 0 aliphatic carbocycles. The molecule has 0 aliphatic rings. The summed E-state index contributed by atoms with van der Waals surface area (Å²) in [5.41, 5.74) is 0. The van der Waals surface area contributed by atoms with Crippen LogP contribution in [0.3, 0.4) is 0 Å². The van der Waals surface area contributed by atoms with Gasteiger partial charge < -0.3 is 4.57 Å². The quantitative estimate of drug-likeness (QED) is 0.639. The summed E-state index contributed by atoms with van der Waals surface area (Å²) in [5, 5.41) is 0.598. The number of nitrogens with zero attached hydrogens (tertiary/aromatic N) is 2. The maximum absolute atomic E-state index is 5.77. The Balaban J connectivity index is 2.32. The standard InChI is InChI=1S/C8H13ClN2/c1-2-3-4-6-11-7-5-10-8(11)9/h5,7H,2-4,6H2,1H3. The van der Waals surface area contributed by atoms with E-state index < -0.39 is 0 Å². The molecule has 0 radical (unpaired) electrons. The fraction of sp³-hybridized carbons (Fsp3) is 0.625. The number of halogens is 1. The van der Waals surface area contributed by atoms with Gasteiger partial charge in [-0.1, -0.05) is 19.8 Å². The third-order valence-corrected chi connectivity index (χ3v) is 1.98. The molecule has 1 heterocycles. The Bertz CT molecular complexity index is 208. The van der Waals surface area contributed by atoms with Gasteiger partial charge in [0.2, 0.25) is 5.28 Å². The highest BCUT2D eigenvalue weighted by molar-refractivity contribution is 6.28. The number of hydrogen-bond donors (Lipinski definition) is 0. The molecule has 0 amide bonds. The normalized spacial score (nSPS) is 10.4. The number of aromatic nitrogens is 2. The Hall–Kier alpha value is -0.500. The summed E-state index contributed by atoms with van der Waals surface area (Å²) in [7, 11) is 0. The first kappa shape index (κ1) is 8.60. The second kappa shape index (κ2) is 4.39. The molecule has 1 aromatic heterocycles. The van der Waals surface area contributed by atoms with Crippen molar-refractivity contribution >= 4 is 11.6 Å². The molecule has 1 rings (SSSR count). The van der Waals surface area contributed by atoms with Crippen molar-refractivity contribution in [3.8, 4) is 0 Å². The van der Waals surface area contributed by atoms with Gasteiger partial charge in [0.05, 0.1) is 0 Å². The fourth-order valence-electron chi connectivity index (χ4n) is 1.01. The Kier molecular flexibility index (Phi) is 3.43. The zero-order valence-corrected chi connectivity index (χ0v) is 7.51. The molecule has 3 heteroatoms. The first-order chi connectivity index (χ1) is 5.34. The minimum atomic E-state index is 0.598. The van der Waals surface area contributed by atoms with Crippen molar-refractivity contribution in [3.63, 3.8) is 0 Å². The summed E-state index contributed by atoms with van der Waals surface area (Å²) in [6.45, 7) is 3.18. The van der Waals surface area contributed by atoms with Gasteiger partial charge in [-0.3, -0.25) is 0 Å². The maximum atomic E-state index is 5.77. The summed E-state index contributed by atoms with van der Waals surface area (Å²) < 4.78 is 1.97. The molecule has 0 aliphatic heterocycles. The van der Waals surface area contributed by atoms with Crippen molar-refractivity contribution in [2.45, 2.75) is 32.7 Å². The average molecular weight is 173 g/mol. The molecule has 62 valence electrons. The molecule has 0 spiro atoms. The molecule has 0 N–H and O–H groups in total. The van der Waals surface area contributed by atoms with Gasteiger partial charge in [-0.25, -0.2) is 4.98 Å². The SMILES string of the molecule is CCCCCn1ccnc1Cl. The molecule has 0 bridgehead atoms. The van der Waals surface area contributed by atoms with E-state index in [0.717, 1.165) is 6.54 Å². The van der Waals surface area contributed by atoms with Crippen molar-refractivity contribution in [1.82, 2.24) is 9.55 Å². The van der Waals surface area contributed by atoms with E-state index in [1.807, 2.05) is 10.8 Å². The van der Waals surface area contributed by atoms with Gasteiger partial charge in [-0.15, -0.1) is 0 Å². The zero-order valence-electron chi connectivity index (χ0n) is 6.76. The number of imidazole rings is 1. The zero-order chi connectivity index (χ0) is 8.10. The summed E-state index contributed by atoms with van der Waals surface area (Å²) in [6, 6.07) is 0. The van der Waals surface area contributed by atoms with E-state index >= 15 is 0 Å². The van der Waals surface area contributed by atoms with E-state index in [4.69, 9.17) is 11.6 Å². The third-order valence-electron chi connectivity index (χ3n) is 1.67. The van der Waals surface area contributed by atoms with E-state index in [-0.39, 0.29) is 0 Å². The van der Waals surface area contributed by atoms with Crippen LogP contribution in [0.2, 0.25) is 5.28 Å². The molecule has 0 saturated heterocycles. The van der Waals surface area contributed by atoms with Crippen LogP contribution in [-0.4, -0.2) is 9.55 Å². The van der Waals surface area contributed by atoms with Gasteiger partial charge in [-0.05, 0) is 18.0 Å². The van der Waals surface area contributed by atoms with Crippen LogP contribution in [0.1, 0.15) is 26.2 Å². The van der Waals surface area contributed by atoms with Gasteiger partial charge in [0.1, 0.15) is 0 Å². The predicted octanol–water partition coefficient (Wildman–Crippen LogP) is 2.73. The molecule has 2 nitrogen and oxygen atoms in total. The van der Waals surface area contributed by atoms with Crippen molar-refractivity contribution in [3.05, 3.63) is 17.7 Å². The number of aryl methyl sites for hydroxylation is 1.